The van der Waals surface area contributed by atoms with Crippen LogP contribution in [0.1, 0.15) is 47.2 Å². The third kappa shape index (κ3) is 4.94. The Morgan fingerprint density at radius 1 is 0.350 bits per heavy atom. The standard InChI is InChI=1S/C58H41NO/c1-57(2)51-24-14-12-22-45(51)47-32-30-44(35-53(47)57)59(42-28-26-39(27-29-42)38-16-6-3-7-17-38)43-31-33-55-49(34-43)50-36-48-46-23-13-15-25-52(46)58(40-18-8-4-9-19-40,41-20-10-5-11-21-41)54(48)37-56(50)60-55/h3-37H,1-2H3. The van der Waals surface area contributed by atoms with E-state index in [2.05, 4.69) is 231 Å². The van der Waals surface area contributed by atoms with Crippen LogP contribution in [0.5, 0.6) is 0 Å². The maximum atomic E-state index is 6.86. The van der Waals surface area contributed by atoms with Gasteiger partial charge in [-0.25, -0.2) is 0 Å². The van der Waals surface area contributed by atoms with Gasteiger partial charge in [-0.3, -0.25) is 0 Å². The van der Waals surface area contributed by atoms with Crippen molar-refractivity contribution in [2.45, 2.75) is 24.7 Å². The second kappa shape index (κ2) is 13.0. The van der Waals surface area contributed by atoms with Crippen molar-refractivity contribution in [1.82, 2.24) is 0 Å². The Kier molecular flexibility index (Phi) is 7.52. The first-order valence-corrected chi connectivity index (χ1v) is 20.9. The summed E-state index contributed by atoms with van der Waals surface area (Å²) >= 11 is 0. The lowest BCUT2D eigenvalue weighted by molar-refractivity contribution is 0.660. The fourth-order valence-electron chi connectivity index (χ4n) is 10.6. The first-order valence-electron chi connectivity index (χ1n) is 20.9. The first-order chi connectivity index (χ1) is 29.5. The molecule has 0 aliphatic heterocycles. The highest BCUT2D eigenvalue weighted by Gasteiger charge is 2.46. The van der Waals surface area contributed by atoms with Crippen molar-refractivity contribution >= 4 is 39.0 Å². The number of rotatable bonds is 6. The predicted octanol–water partition coefficient (Wildman–Crippen LogP) is 15.4. The molecule has 0 unspecified atom stereocenters. The third-order valence-electron chi connectivity index (χ3n) is 13.3. The van der Waals surface area contributed by atoms with Crippen molar-refractivity contribution in [2.24, 2.45) is 0 Å². The van der Waals surface area contributed by atoms with Crippen LogP contribution < -0.4 is 4.90 Å². The molecule has 12 rings (SSSR count). The number of benzene rings is 9. The Morgan fingerprint density at radius 2 is 0.867 bits per heavy atom. The summed E-state index contributed by atoms with van der Waals surface area (Å²) < 4.78 is 6.86. The average molecular weight is 768 g/mol. The highest BCUT2D eigenvalue weighted by molar-refractivity contribution is 6.09. The topological polar surface area (TPSA) is 16.4 Å². The summed E-state index contributed by atoms with van der Waals surface area (Å²) in [4.78, 5) is 2.41. The predicted molar refractivity (Wildman–Crippen MR) is 249 cm³/mol. The van der Waals surface area contributed by atoms with E-state index in [0.717, 1.165) is 39.0 Å². The van der Waals surface area contributed by atoms with E-state index in [-0.39, 0.29) is 5.41 Å². The maximum Gasteiger partial charge on any atom is 0.135 e. The van der Waals surface area contributed by atoms with E-state index < -0.39 is 5.41 Å². The normalized spacial score (nSPS) is 14.1. The average Bonchev–Trinajstić information content (AvgIpc) is 3.89. The highest BCUT2D eigenvalue weighted by atomic mass is 16.3. The smallest absolute Gasteiger partial charge is 0.135 e. The zero-order valence-corrected chi connectivity index (χ0v) is 33.6. The molecular weight excluding hydrogens is 727 g/mol. The molecule has 9 aromatic carbocycles. The molecule has 0 radical (unpaired) electrons. The molecule has 0 amide bonds. The number of anilines is 3. The molecular formula is C58H41NO. The lowest BCUT2D eigenvalue weighted by Gasteiger charge is -2.33. The van der Waals surface area contributed by atoms with E-state index in [0.29, 0.717) is 0 Å². The van der Waals surface area contributed by atoms with Gasteiger partial charge >= 0.3 is 0 Å². The molecule has 2 aliphatic carbocycles. The maximum absolute atomic E-state index is 6.86. The number of furan rings is 1. The molecule has 0 spiro atoms. The number of hydrogen-bond donors (Lipinski definition) is 0. The van der Waals surface area contributed by atoms with Crippen molar-refractivity contribution in [3.05, 3.63) is 246 Å². The molecule has 10 aromatic rings. The Balaban J connectivity index is 1.06. The van der Waals surface area contributed by atoms with Gasteiger partial charge in [0.2, 0.25) is 0 Å². The molecule has 0 saturated heterocycles. The van der Waals surface area contributed by atoms with Gasteiger partial charge in [0.1, 0.15) is 11.2 Å². The highest BCUT2D eigenvalue weighted by Crippen LogP contribution is 2.58. The van der Waals surface area contributed by atoms with E-state index in [1.165, 1.54) is 66.8 Å². The van der Waals surface area contributed by atoms with Crippen LogP contribution in [-0.2, 0) is 10.8 Å². The van der Waals surface area contributed by atoms with Crippen molar-refractivity contribution in [3.63, 3.8) is 0 Å². The van der Waals surface area contributed by atoms with Crippen molar-refractivity contribution in [2.75, 3.05) is 4.90 Å². The van der Waals surface area contributed by atoms with Crippen molar-refractivity contribution < 1.29 is 4.42 Å². The van der Waals surface area contributed by atoms with Gasteiger partial charge in [0.05, 0.1) is 5.41 Å². The largest absolute Gasteiger partial charge is 0.456 e. The number of hydrogen-bond acceptors (Lipinski definition) is 2. The first kappa shape index (κ1) is 34.6. The Hall–Kier alpha value is -7.42. The summed E-state index contributed by atoms with van der Waals surface area (Å²) in [5, 5.41) is 2.21. The van der Waals surface area contributed by atoms with E-state index in [9.17, 15) is 0 Å². The van der Waals surface area contributed by atoms with E-state index in [1.807, 2.05) is 0 Å². The molecule has 0 bridgehead atoms. The zero-order chi connectivity index (χ0) is 40.0. The second-order valence-corrected chi connectivity index (χ2v) is 16.9. The molecule has 0 fully saturated rings. The summed E-state index contributed by atoms with van der Waals surface area (Å²) in [6.07, 6.45) is 0. The lowest BCUT2D eigenvalue weighted by atomic mass is 9.67. The Labute approximate surface area is 350 Å². The van der Waals surface area contributed by atoms with E-state index >= 15 is 0 Å². The molecule has 2 aliphatic rings. The molecule has 2 heteroatoms. The number of fused-ring (bicyclic) bond motifs is 9. The van der Waals surface area contributed by atoms with E-state index in [4.69, 9.17) is 4.42 Å². The SMILES string of the molecule is CC1(C)c2ccccc2-c2ccc(N(c3ccc(-c4ccccc4)cc3)c3ccc4oc5cc6c(cc5c4c3)-c3ccccc3C6(c3ccccc3)c3ccccc3)cc21. The van der Waals surface area contributed by atoms with Crippen LogP contribution in [0.15, 0.2) is 217 Å². The zero-order valence-electron chi connectivity index (χ0n) is 33.6. The minimum absolute atomic E-state index is 0.124. The van der Waals surface area contributed by atoms with Crippen LogP contribution in [0.3, 0.4) is 0 Å². The van der Waals surface area contributed by atoms with Gasteiger partial charge in [0.15, 0.2) is 0 Å². The summed E-state index contributed by atoms with van der Waals surface area (Å²) in [6.45, 7) is 4.70. The van der Waals surface area contributed by atoms with Gasteiger partial charge in [0.25, 0.3) is 0 Å². The molecule has 0 N–H and O–H groups in total. The summed E-state index contributed by atoms with van der Waals surface area (Å²) in [5.41, 5.74) is 19.7. The van der Waals surface area contributed by atoms with Crippen molar-refractivity contribution in [3.8, 4) is 33.4 Å². The van der Waals surface area contributed by atoms with Gasteiger partial charge < -0.3 is 9.32 Å². The van der Waals surface area contributed by atoms with E-state index in [1.54, 1.807) is 0 Å². The van der Waals surface area contributed by atoms with Gasteiger partial charge in [-0.1, -0.05) is 172 Å². The number of nitrogens with zero attached hydrogens (tertiary/aromatic N) is 1. The third-order valence-corrected chi connectivity index (χ3v) is 13.3. The fraction of sp³-hybridized carbons (Fsp3) is 0.0690. The van der Waals surface area contributed by atoms with Crippen molar-refractivity contribution in [1.29, 1.82) is 0 Å². The quantitative estimate of drug-likeness (QED) is 0.168. The second-order valence-electron chi connectivity index (χ2n) is 16.9. The summed E-state index contributed by atoms with van der Waals surface area (Å²) in [5.74, 6) is 0. The lowest BCUT2D eigenvalue weighted by Crippen LogP contribution is -2.28. The Bertz CT molecular complexity index is 3230. The molecule has 0 saturated carbocycles. The monoisotopic (exact) mass is 767 g/mol. The summed E-state index contributed by atoms with van der Waals surface area (Å²) in [6, 6.07) is 77.8. The van der Waals surface area contributed by atoms with Crippen LogP contribution in [0, 0.1) is 0 Å². The minimum atomic E-state index is -0.490. The van der Waals surface area contributed by atoms with Crippen LogP contribution in [0.4, 0.5) is 17.1 Å². The molecule has 2 nitrogen and oxygen atoms in total. The van der Waals surface area contributed by atoms with Gasteiger partial charge in [-0.05, 0) is 121 Å². The molecule has 1 heterocycles. The van der Waals surface area contributed by atoms with Crippen LogP contribution >= 0.6 is 0 Å². The van der Waals surface area contributed by atoms with Crippen LogP contribution in [0.2, 0.25) is 0 Å². The minimum Gasteiger partial charge on any atom is -0.456 e. The molecule has 1 aromatic heterocycles. The van der Waals surface area contributed by atoms with Gasteiger partial charge in [-0.15, -0.1) is 0 Å². The van der Waals surface area contributed by atoms with Crippen LogP contribution in [-0.4, -0.2) is 0 Å². The van der Waals surface area contributed by atoms with Gasteiger partial charge in [-0.2, -0.15) is 0 Å². The molecule has 0 atom stereocenters. The summed E-state index contributed by atoms with van der Waals surface area (Å²) in [7, 11) is 0. The molecule has 60 heavy (non-hydrogen) atoms. The van der Waals surface area contributed by atoms with Crippen LogP contribution in [0.25, 0.3) is 55.3 Å². The van der Waals surface area contributed by atoms with Gasteiger partial charge in [0, 0.05) is 33.2 Å². The Morgan fingerprint density at radius 3 is 1.57 bits per heavy atom. The fourth-order valence-corrected chi connectivity index (χ4v) is 10.6. The molecule has 284 valence electrons.